The number of ether oxygens (including phenoxy) is 1. The van der Waals surface area contributed by atoms with Crippen LogP contribution in [0.5, 0.6) is 5.75 Å². The van der Waals surface area contributed by atoms with Crippen LogP contribution in [0.2, 0.25) is 0 Å². The molecule has 0 bridgehead atoms. The molecule has 1 aliphatic rings. The standard InChI is InChI=1S/C13H16O3S/c1-17-11-8-4-7-10(12(11)13(14)15)16-9-5-2-3-6-9/h4,7-9H,2-3,5-6H2,1H3,(H,14,15). The number of benzene rings is 1. The lowest BCUT2D eigenvalue weighted by atomic mass is 10.2. The molecule has 92 valence electrons. The highest BCUT2D eigenvalue weighted by atomic mass is 32.2. The number of carboxylic acid groups (broad SMARTS) is 1. The number of aromatic carboxylic acids is 1. The van der Waals surface area contributed by atoms with Crippen molar-refractivity contribution in [1.29, 1.82) is 0 Å². The van der Waals surface area contributed by atoms with Gasteiger partial charge in [0.1, 0.15) is 11.3 Å². The molecule has 0 aromatic heterocycles. The second-order valence-corrected chi connectivity index (χ2v) is 5.01. The van der Waals surface area contributed by atoms with Crippen molar-refractivity contribution in [2.45, 2.75) is 36.7 Å². The van der Waals surface area contributed by atoms with E-state index < -0.39 is 5.97 Å². The van der Waals surface area contributed by atoms with Crippen molar-refractivity contribution in [3.63, 3.8) is 0 Å². The summed E-state index contributed by atoms with van der Waals surface area (Å²) in [5.74, 6) is -0.404. The number of rotatable bonds is 4. The van der Waals surface area contributed by atoms with E-state index in [9.17, 15) is 9.90 Å². The molecular formula is C13H16O3S. The Labute approximate surface area is 105 Å². The lowest BCUT2D eigenvalue weighted by Gasteiger charge is -2.16. The number of hydrogen-bond donors (Lipinski definition) is 1. The highest BCUT2D eigenvalue weighted by Gasteiger charge is 2.21. The van der Waals surface area contributed by atoms with Gasteiger partial charge in [0.2, 0.25) is 0 Å². The van der Waals surface area contributed by atoms with E-state index in [1.807, 2.05) is 18.4 Å². The molecule has 1 aromatic carbocycles. The monoisotopic (exact) mass is 252 g/mol. The first kappa shape index (κ1) is 12.3. The summed E-state index contributed by atoms with van der Waals surface area (Å²) in [6, 6.07) is 5.42. The number of thioether (sulfide) groups is 1. The summed E-state index contributed by atoms with van der Waals surface area (Å²) in [5, 5.41) is 9.26. The van der Waals surface area contributed by atoms with Gasteiger partial charge in [-0.25, -0.2) is 4.79 Å². The molecule has 2 rings (SSSR count). The van der Waals surface area contributed by atoms with Crippen molar-refractivity contribution in [1.82, 2.24) is 0 Å². The largest absolute Gasteiger partial charge is 0.489 e. The van der Waals surface area contributed by atoms with Gasteiger partial charge in [0.15, 0.2) is 0 Å². The van der Waals surface area contributed by atoms with E-state index in [1.165, 1.54) is 24.6 Å². The van der Waals surface area contributed by atoms with Gasteiger partial charge < -0.3 is 9.84 Å². The summed E-state index contributed by atoms with van der Waals surface area (Å²) in [4.78, 5) is 12.0. The topological polar surface area (TPSA) is 46.5 Å². The van der Waals surface area contributed by atoms with Crippen LogP contribution in [0.15, 0.2) is 23.1 Å². The van der Waals surface area contributed by atoms with E-state index in [2.05, 4.69) is 0 Å². The van der Waals surface area contributed by atoms with Gasteiger partial charge in [-0.2, -0.15) is 0 Å². The van der Waals surface area contributed by atoms with Crippen LogP contribution in [0, 0.1) is 0 Å². The second-order valence-electron chi connectivity index (χ2n) is 4.16. The Morgan fingerprint density at radius 3 is 2.71 bits per heavy atom. The Balaban J connectivity index is 2.28. The molecule has 0 amide bonds. The minimum Gasteiger partial charge on any atom is -0.489 e. The van der Waals surface area contributed by atoms with Crippen LogP contribution in [0.4, 0.5) is 0 Å². The Morgan fingerprint density at radius 2 is 2.12 bits per heavy atom. The molecule has 1 saturated carbocycles. The highest BCUT2D eigenvalue weighted by molar-refractivity contribution is 7.98. The van der Waals surface area contributed by atoms with Crippen molar-refractivity contribution in [3.05, 3.63) is 23.8 Å². The molecular weight excluding hydrogens is 236 g/mol. The molecule has 0 heterocycles. The minimum atomic E-state index is -0.914. The third-order valence-electron chi connectivity index (χ3n) is 3.02. The summed E-state index contributed by atoms with van der Waals surface area (Å²) in [6.45, 7) is 0. The van der Waals surface area contributed by atoms with Crippen molar-refractivity contribution in [2.75, 3.05) is 6.26 Å². The van der Waals surface area contributed by atoms with E-state index >= 15 is 0 Å². The van der Waals surface area contributed by atoms with Gasteiger partial charge in [0.05, 0.1) is 6.10 Å². The maximum absolute atomic E-state index is 11.3. The van der Waals surface area contributed by atoms with Crippen LogP contribution in [0.3, 0.4) is 0 Å². The highest BCUT2D eigenvalue weighted by Crippen LogP contribution is 2.32. The Bertz CT molecular complexity index is 411. The van der Waals surface area contributed by atoms with Crippen molar-refractivity contribution < 1.29 is 14.6 Å². The van der Waals surface area contributed by atoms with Crippen LogP contribution in [0.1, 0.15) is 36.0 Å². The third-order valence-corrected chi connectivity index (χ3v) is 3.80. The molecule has 4 heteroatoms. The average Bonchev–Trinajstić information content (AvgIpc) is 2.81. The summed E-state index contributed by atoms with van der Waals surface area (Å²) in [5.41, 5.74) is 0.298. The van der Waals surface area contributed by atoms with Crippen LogP contribution >= 0.6 is 11.8 Å². The lowest BCUT2D eigenvalue weighted by molar-refractivity contribution is 0.0685. The Morgan fingerprint density at radius 1 is 1.41 bits per heavy atom. The first-order chi connectivity index (χ1) is 8.22. The number of hydrogen-bond acceptors (Lipinski definition) is 3. The first-order valence-electron chi connectivity index (χ1n) is 5.79. The van der Waals surface area contributed by atoms with Crippen LogP contribution < -0.4 is 4.74 Å². The van der Waals surface area contributed by atoms with E-state index in [0.717, 1.165) is 17.7 Å². The Kier molecular flexibility index (Phi) is 3.94. The van der Waals surface area contributed by atoms with Crippen molar-refractivity contribution in [3.8, 4) is 5.75 Å². The summed E-state index contributed by atoms with van der Waals surface area (Å²) < 4.78 is 5.82. The predicted molar refractivity (Wildman–Crippen MR) is 68.1 cm³/mol. The quantitative estimate of drug-likeness (QED) is 0.834. The van der Waals surface area contributed by atoms with Crippen LogP contribution in [-0.4, -0.2) is 23.4 Å². The Hall–Kier alpha value is -1.16. The van der Waals surface area contributed by atoms with E-state index in [1.54, 1.807) is 6.07 Å². The minimum absolute atomic E-state index is 0.185. The van der Waals surface area contributed by atoms with Crippen molar-refractivity contribution >= 4 is 17.7 Å². The first-order valence-corrected chi connectivity index (χ1v) is 7.02. The molecule has 0 unspecified atom stereocenters. The van der Waals surface area contributed by atoms with Gasteiger partial charge in [-0.05, 0) is 44.1 Å². The number of carbonyl (C=O) groups is 1. The molecule has 0 radical (unpaired) electrons. The SMILES string of the molecule is CSc1cccc(OC2CCCC2)c1C(=O)O. The maximum Gasteiger partial charge on any atom is 0.340 e. The molecule has 1 aliphatic carbocycles. The predicted octanol–water partition coefficient (Wildman–Crippen LogP) is 3.43. The molecule has 1 N–H and O–H groups in total. The molecule has 1 aromatic rings. The number of carboxylic acids is 1. The zero-order valence-corrected chi connectivity index (χ0v) is 10.6. The van der Waals surface area contributed by atoms with Gasteiger partial charge in [0.25, 0.3) is 0 Å². The van der Waals surface area contributed by atoms with E-state index in [0.29, 0.717) is 11.3 Å². The van der Waals surface area contributed by atoms with Gasteiger partial charge in [-0.15, -0.1) is 11.8 Å². The molecule has 1 fully saturated rings. The maximum atomic E-state index is 11.3. The summed E-state index contributed by atoms with van der Waals surface area (Å²) >= 11 is 1.43. The van der Waals surface area contributed by atoms with Crippen LogP contribution in [-0.2, 0) is 0 Å². The summed E-state index contributed by atoms with van der Waals surface area (Å²) in [7, 11) is 0. The van der Waals surface area contributed by atoms with Gasteiger partial charge in [-0.3, -0.25) is 0 Å². The average molecular weight is 252 g/mol. The van der Waals surface area contributed by atoms with E-state index in [4.69, 9.17) is 4.74 Å². The molecule has 0 saturated heterocycles. The van der Waals surface area contributed by atoms with Gasteiger partial charge in [-0.1, -0.05) is 6.07 Å². The van der Waals surface area contributed by atoms with Gasteiger partial charge in [0, 0.05) is 4.90 Å². The molecule has 3 nitrogen and oxygen atoms in total. The fourth-order valence-corrected chi connectivity index (χ4v) is 2.78. The van der Waals surface area contributed by atoms with Gasteiger partial charge >= 0.3 is 5.97 Å². The fourth-order valence-electron chi connectivity index (χ4n) is 2.18. The molecule has 17 heavy (non-hydrogen) atoms. The molecule has 0 aliphatic heterocycles. The van der Waals surface area contributed by atoms with Crippen molar-refractivity contribution in [2.24, 2.45) is 0 Å². The van der Waals surface area contributed by atoms with Crippen LogP contribution in [0.25, 0.3) is 0 Å². The fraction of sp³-hybridized carbons (Fsp3) is 0.462. The molecule has 0 spiro atoms. The molecule has 0 atom stereocenters. The zero-order valence-electron chi connectivity index (χ0n) is 9.81. The van der Waals surface area contributed by atoms with E-state index in [-0.39, 0.29) is 6.10 Å². The second kappa shape index (κ2) is 5.45. The smallest absolute Gasteiger partial charge is 0.340 e. The zero-order chi connectivity index (χ0) is 12.3. The lowest BCUT2D eigenvalue weighted by Crippen LogP contribution is -2.14. The normalized spacial score (nSPS) is 16.1. The summed E-state index contributed by atoms with van der Waals surface area (Å²) in [6.07, 6.45) is 6.47. The third kappa shape index (κ3) is 2.75.